The summed E-state index contributed by atoms with van der Waals surface area (Å²) in [6.07, 6.45) is 4.63. The molecule has 0 aliphatic carbocycles. The first-order chi connectivity index (χ1) is 21.4. The van der Waals surface area contributed by atoms with Crippen LogP contribution in [0.1, 0.15) is 35.2 Å². The second-order valence-corrected chi connectivity index (χ2v) is 12.0. The standard InChI is InChI=1S/C34H31N3O5S2/c1-4-19-42-27-18-16-25(20-28(27)41-5-2)30-29(26(38)17-15-23-9-7-6-8-10-23)31(39)32(40)37(30)33-35-36-34(44-33)43-21-24-13-11-22(3)12-14-24/h4,6-18,20,30,39H,1,5,19,21H2,2-3H3. The van der Waals surface area contributed by atoms with Crippen LogP contribution in [0.2, 0.25) is 0 Å². The number of ketones is 1. The van der Waals surface area contributed by atoms with E-state index < -0.39 is 23.5 Å². The van der Waals surface area contributed by atoms with Crippen molar-refractivity contribution in [1.82, 2.24) is 10.2 Å². The lowest BCUT2D eigenvalue weighted by Crippen LogP contribution is -2.31. The van der Waals surface area contributed by atoms with Gasteiger partial charge >= 0.3 is 0 Å². The van der Waals surface area contributed by atoms with Crippen LogP contribution in [0, 0.1) is 6.92 Å². The molecule has 2 heterocycles. The van der Waals surface area contributed by atoms with E-state index in [9.17, 15) is 14.7 Å². The molecule has 1 atom stereocenters. The molecule has 1 unspecified atom stereocenters. The maximum Gasteiger partial charge on any atom is 0.296 e. The molecule has 224 valence electrons. The van der Waals surface area contributed by atoms with Gasteiger partial charge in [0.2, 0.25) is 5.13 Å². The lowest BCUT2D eigenvalue weighted by Gasteiger charge is -2.24. The van der Waals surface area contributed by atoms with Gasteiger partial charge in [0.05, 0.1) is 18.2 Å². The van der Waals surface area contributed by atoms with Gasteiger partial charge < -0.3 is 14.6 Å². The Kier molecular flexibility index (Phi) is 9.93. The Morgan fingerprint density at radius 1 is 1.07 bits per heavy atom. The summed E-state index contributed by atoms with van der Waals surface area (Å²) in [7, 11) is 0. The third-order valence-electron chi connectivity index (χ3n) is 6.73. The fourth-order valence-electron chi connectivity index (χ4n) is 4.61. The second-order valence-electron chi connectivity index (χ2n) is 9.81. The van der Waals surface area contributed by atoms with Crippen LogP contribution >= 0.6 is 23.1 Å². The molecule has 10 heteroatoms. The molecule has 4 aromatic rings. The van der Waals surface area contributed by atoms with Crippen LogP contribution in [0.5, 0.6) is 11.5 Å². The van der Waals surface area contributed by atoms with Crippen LogP contribution in [0.3, 0.4) is 0 Å². The van der Waals surface area contributed by atoms with Gasteiger partial charge in [0.25, 0.3) is 5.91 Å². The molecular weight excluding hydrogens is 595 g/mol. The highest BCUT2D eigenvalue weighted by Crippen LogP contribution is 2.45. The maximum absolute atomic E-state index is 13.7. The number of rotatable bonds is 13. The van der Waals surface area contributed by atoms with Crippen molar-refractivity contribution < 1.29 is 24.2 Å². The van der Waals surface area contributed by atoms with Gasteiger partial charge in [-0.25, -0.2) is 0 Å². The van der Waals surface area contributed by atoms with Gasteiger partial charge in [-0.15, -0.1) is 10.2 Å². The molecule has 44 heavy (non-hydrogen) atoms. The highest BCUT2D eigenvalue weighted by molar-refractivity contribution is 8.00. The summed E-state index contributed by atoms with van der Waals surface area (Å²) in [6.45, 7) is 8.22. The van der Waals surface area contributed by atoms with Crippen molar-refractivity contribution in [2.75, 3.05) is 18.1 Å². The molecule has 8 nitrogen and oxygen atoms in total. The molecule has 1 aliphatic heterocycles. The van der Waals surface area contributed by atoms with Crippen molar-refractivity contribution in [1.29, 1.82) is 0 Å². The van der Waals surface area contributed by atoms with E-state index in [0.29, 0.717) is 33.8 Å². The summed E-state index contributed by atoms with van der Waals surface area (Å²) >= 11 is 2.72. The Morgan fingerprint density at radius 2 is 1.84 bits per heavy atom. The fraction of sp³-hybridized carbons (Fsp3) is 0.176. The predicted molar refractivity (Wildman–Crippen MR) is 174 cm³/mol. The first-order valence-corrected chi connectivity index (χ1v) is 15.8. The van der Waals surface area contributed by atoms with Crippen LogP contribution in [-0.4, -0.2) is 40.2 Å². The molecule has 0 spiro atoms. The highest BCUT2D eigenvalue weighted by Gasteiger charge is 2.45. The fourth-order valence-corrected chi connectivity index (χ4v) is 6.44. The Bertz CT molecular complexity index is 1710. The zero-order valence-electron chi connectivity index (χ0n) is 24.3. The summed E-state index contributed by atoms with van der Waals surface area (Å²) in [5.74, 6) is -0.274. The number of hydrogen-bond acceptors (Lipinski definition) is 9. The number of aryl methyl sites for hydroxylation is 1. The van der Waals surface area contributed by atoms with Crippen LogP contribution in [0.15, 0.2) is 107 Å². The number of benzene rings is 3. The van der Waals surface area contributed by atoms with E-state index in [1.165, 1.54) is 39.6 Å². The molecule has 0 fully saturated rings. The molecule has 1 amide bonds. The van der Waals surface area contributed by atoms with Gasteiger partial charge in [-0.1, -0.05) is 108 Å². The summed E-state index contributed by atoms with van der Waals surface area (Å²) in [4.78, 5) is 28.6. The summed E-state index contributed by atoms with van der Waals surface area (Å²) < 4.78 is 12.3. The Hall–Kier alpha value is -4.67. The lowest BCUT2D eigenvalue weighted by molar-refractivity contribution is -0.117. The minimum Gasteiger partial charge on any atom is -0.503 e. The number of allylic oxidation sites excluding steroid dienone is 1. The van der Waals surface area contributed by atoms with Crippen molar-refractivity contribution in [3.8, 4) is 11.5 Å². The average Bonchev–Trinajstić information content (AvgIpc) is 3.61. The van der Waals surface area contributed by atoms with E-state index >= 15 is 0 Å². The number of thioether (sulfide) groups is 1. The molecule has 0 saturated carbocycles. The van der Waals surface area contributed by atoms with E-state index in [2.05, 4.69) is 41.0 Å². The molecule has 1 aliphatic rings. The van der Waals surface area contributed by atoms with Crippen LogP contribution < -0.4 is 14.4 Å². The minimum atomic E-state index is -0.981. The second kappa shape index (κ2) is 14.2. The lowest BCUT2D eigenvalue weighted by atomic mass is 9.95. The zero-order valence-corrected chi connectivity index (χ0v) is 25.9. The first kappa shape index (κ1) is 30.8. The quantitative estimate of drug-likeness (QED) is 0.0716. The van der Waals surface area contributed by atoms with Gasteiger partial charge in [0.15, 0.2) is 27.4 Å². The Balaban J connectivity index is 1.51. The number of hydrogen-bond donors (Lipinski definition) is 1. The van der Waals surface area contributed by atoms with E-state index in [1.54, 1.807) is 30.4 Å². The normalized spacial score (nSPS) is 14.8. The smallest absolute Gasteiger partial charge is 0.296 e. The maximum atomic E-state index is 13.7. The van der Waals surface area contributed by atoms with Gasteiger partial charge in [0, 0.05) is 5.75 Å². The van der Waals surface area contributed by atoms with Crippen LogP contribution in [0.25, 0.3) is 6.08 Å². The highest BCUT2D eigenvalue weighted by atomic mass is 32.2. The molecule has 0 radical (unpaired) electrons. The van der Waals surface area contributed by atoms with Gasteiger partial charge in [-0.05, 0) is 48.7 Å². The summed E-state index contributed by atoms with van der Waals surface area (Å²) in [5.41, 5.74) is 3.60. The number of aromatic nitrogens is 2. The molecular formula is C34H31N3O5S2. The van der Waals surface area contributed by atoms with Gasteiger partial charge in [-0.3, -0.25) is 14.5 Å². The predicted octanol–water partition coefficient (Wildman–Crippen LogP) is 7.28. The van der Waals surface area contributed by atoms with Crippen molar-refractivity contribution in [2.24, 2.45) is 0 Å². The van der Waals surface area contributed by atoms with Gasteiger partial charge in [-0.2, -0.15) is 0 Å². The number of ether oxygens (including phenoxy) is 2. The van der Waals surface area contributed by atoms with E-state index in [4.69, 9.17) is 9.47 Å². The van der Waals surface area contributed by atoms with Crippen LogP contribution in [0.4, 0.5) is 5.13 Å². The largest absolute Gasteiger partial charge is 0.503 e. The molecule has 0 bridgehead atoms. The molecule has 5 rings (SSSR count). The third kappa shape index (κ3) is 6.93. The molecule has 1 N–H and O–H groups in total. The van der Waals surface area contributed by atoms with Crippen LogP contribution in [-0.2, 0) is 15.3 Å². The van der Waals surface area contributed by atoms with E-state index in [1.807, 2.05) is 44.2 Å². The summed E-state index contributed by atoms with van der Waals surface area (Å²) in [6, 6.07) is 21.7. The number of aliphatic hydroxyl groups is 1. The van der Waals surface area contributed by atoms with Crippen molar-refractivity contribution in [3.05, 3.63) is 125 Å². The minimum absolute atomic E-state index is 0.0616. The molecule has 1 aromatic heterocycles. The van der Waals surface area contributed by atoms with E-state index in [0.717, 1.165) is 11.1 Å². The third-order valence-corrected chi connectivity index (χ3v) is 8.85. The monoisotopic (exact) mass is 625 g/mol. The van der Waals surface area contributed by atoms with Crippen molar-refractivity contribution >= 4 is 46.0 Å². The Labute approximate surface area is 264 Å². The number of nitrogens with zero attached hydrogens (tertiary/aromatic N) is 3. The SMILES string of the molecule is C=CCOc1ccc(C2C(C(=O)C=Cc3ccccc3)=C(O)C(=O)N2c2nnc(SCc3ccc(C)cc3)s2)cc1OCC. The molecule has 3 aromatic carbocycles. The number of aliphatic hydroxyl groups excluding tert-OH is 1. The zero-order chi connectivity index (χ0) is 31.1. The topological polar surface area (TPSA) is 102 Å². The summed E-state index contributed by atoms with van der Waals surface area (Å²) in [5, 5.41) is 20.0. The number of amides is 1. The number of carbonyl (C=O) groups excluding carboxylic acids is 2. The van der Waals surface area contributed by atoms with E-state index in [-0.39, 0.29) is 17.3 Å². The van der Waals surface area contributed by atoms with Crippen molar-refractivity contribution in [2.45, 2.75) is 30.0 Å². The number of carbonyl (C=O) groups is 2. The molecule has 0 saturated heterocycles. The van der Waals surface area contributed by atoms with Gasteiger partial charge in [0.1, 0.15) is 6.61 Å². The van der Waals surface area contributed by atoms with Crippen molar-refractivity contribution in [3.63, 3.8) is 0 Å². The number of anilines is 1. The Morgan fingerprint density at radius 3 is 2.57 bits per heavy atom. The average molecular weight is 626 g/mol. The first-order valence-electron chi connectivity index (χ1n) is 14.0.